The smallest absolute Gasteiger partial charge is 0.237 e. The van der Waals surface area contributed by atoms with Gasteiger partial charge in [0.2, 0.25) is 5.88 Å². The Labute approximate surface area is 216 Å². The minimum atomic E-state index is -3.71. The molecule has 0 fully saturated rings. The van der Waals surface area contributed by atoms with E-state index >= 15 is 0 Å². The number of nitrogens with zero attached hydrogens (tertiary/aromatic N) is 1. The van der Waals surface area contributed by atoms with E-state index in [9.17, 15) is 13.2 Å². The molecule has 1 aromatic heterocycles. The van der Waals surface area contributed by atoms with Gasteiger partial charge < -0.3 is 24.3 Å². The second-order valence-electron chi connectivity index (χ2n) is 7.66. The summed E-state index contributed by atoms with van der Waals surface area (Å²) in [5.74, 6) is 1.06. The quantitative estimate of drug-likeness (QED) is 0.270. The summed E-state index contributed by atoms with van der Waals surface area (Å²) in [5, 5.41) is 4.04. The number of aromatic nitrogens is 1. The molecule has 0 aliphatic heterocycles. The van der Waals surface area contributed by atoms with Crippen LogP contribution in [0.25, 0.3) is 6.08 Å². The predicted octanol–water partition coefficient (Wildman–Crippen LogP) is 4.51. The van der Waals surface area contributed by atoms with Crippen molar-refractivity contribution in [2.24, 2.45) is 0 Å². The monoisotopic (exact) mass is 524 g/mol. The van der Waals surface area contributed by atoms with E-state index in [1.165, 1.54) is 53.0 Å². The van der Waals surface area contributed by atoms with Crippen molar-refractivity contribution in [2.75, 3.05) is 33.8 Å². The highest BCUT2D eigenvalue weighted by Gasteiger charge is 2.15. The molecule has 0 radical (unpaired) electrons. The van der Waals surface area contributed by atoms with E-state index in [2.05, 4.69) is 10.3 Å². The largest absolute Gasteiger partial charge is 0.496 e. The molecular formula is C27H28N2O7S. The number of rotatable bonds is 12. The number of hydrogen-bond acceptors (Lipinski definition) is 9. The van der Waals surface area contributed by atoms with Crippen LogP contribution in [0.1, 0.15) is 21.5 Å². The lowest BCUT2D eigenvalue weighted by molar-refractivity contribution is 0.104. The van der Waals surface area contributed by atoms with E-state index in [1.54, 1.807) is 42.5 Å². The van der Waals surface area contributed by atoms with Crippen molar-refractivity contribution in [3.63, 3.8) is 0 Å². The number of ketones is 1. The lowest BCUT2D eigenvalue weighted by Gasteiger charge is -2.12. The van der Waals surface area contributed by atoms with Gasteiger partial charge in [-0.05, 0) is 17.7 Å². The van der Waals surface area contributed by atoms with Crippen LogP contribution in [-0.2, 0) is 15.6 Å². The highest BCUT2D eigenvalue weighted by molar-refractivity contribution is 7.93. The van der Waals surface area contributed by atoms with Crippen molar-refractivity contribution in [3.8, 4) is 23.1 Å². The molecule has 0 spiro atoms. The molecule has 10 heteroatoms. The number of carbonyl (C=O) groups is 1. The summed E-state index contributed by atoms with van der Waals surface area (Å²) in [6.45, 7) is 0. The van der Waals surface area contributed by atoms with Gasteiger partial charge in [0.15, 0.2) is 15.6 Å². The molecular weight excluding hydrogens is 496 g/mol. The number of benzene rings is 2. The fraction of sp³-hybridized carbons (Fsp3) is 0.185. The Balaban J connectivity index is 1.79. The second-order valence-corrected chi connectivity index (χ2v) is 9.55. The molecule has 3 rings (SSSR count). The maximum absolute atomic E-state index is 12.9. The van der Waals surface area contributed by atoms with Gasteiger partial charge in [-0.3, -0.25) is 4.79 Å². The molecule has 0 aliphatic carbocycles. The number of sulfone groups is 1. The van der Waals surface area contributed by atoms with E-state index in [4.69, 9.17) is 18.9 Å². The number of allylic oxidation sites excluding steroid dienone is 1. The molecule has 1 N–H and O–H groups in total. The number of anilines is 1. The Morgan fingerprint density at radius 3 is 2.22 bits per heavy atom. The van der Waals surface area contributed by atoms with Crippen LogP contribution in [0.5, 0.6) is 23.1 Å². The summed E-state index contributed by atoms with van der Waals surface area (Å²) in [6.07, 6.45) is 5.66. The van der Waals surface area contributed by atoms with Crippen LogP contribution in [0.15, 0.2) is 72.4 Å². The van der Waals surface area contributed by atoms with E-state index in [1.807, 2.05) is 6.07 Å². The van der Waals surface area contributed by atoms with Crippen LogP contribution in [0.2, 0.25) is 0 Å². The van der Waals surface area contributed by atoms with E-state index in [-0.39, 0.29) is 17.4 Å². The zero-order valence-electron chi connectivity index (χ0n) is 20.9. The van der Waals surface area contributed by atoms with Gasteiger partial charge in [0.25, 0.3) is 0 Å². The summed E-state index contributed by atoms with van der Waals surface area (Å²) in [7, 11) is 2.19. The number of hydrogen-bond donors (Lipinski definition) is 1. The zero-order valence-corrected chi connectivity index (χ0v) is 21.7. The van der Waals surface area contributed by atoms with Crippen molar-refractivity contribution in [1.29, 1.82) is 0 Å². The Morgan fingerprint density at radius 1 is 0.946 bits per heavy atom. The highest BCUT2D eigenvalue weighted by Crippen LogP contribution is 2.35. The van der Waals surface area contributed by atoms with Crippen LogP contribution < -0.4 is 24.3 Å². The minimum Gasteiger partial charge on any atom is -0.496 e. The van der Waals surface area contributed by atoms with Crippen LogP contribution >= 0.6 is 0 Å². The van der Waals surface area contributed by atoms with Gasteiger partial charge in [-0.1, -0.05) is 30.3 Å². The summed E-state index contributed by atoms with van der Waals surface area (Å²) in [4.78, 5) is 16.5. The molecule has 3 aromatic rings. The minimum absolute atomic E-state index is 0.187. The maximum Gasteiger partial charge on any atom is 0.237 e. The average molecular weight is 525 g/mol. The topological polar surface area (TPSA) is 113 Å². The number of nitrogens with one attached hydrogen (secondary N) is 1. The molecule has 194 valence electrons. The first-order valence-electron chi connectivity index (χ1n) is 11.1. The Kier molecular flexibility index (Phi) is 9.28. The van der Waals surface area contributed by atoms with E-state index < -0.39 is 9.84 Å². The van der Waals surface area contributed by atoms with Crippen molar-refractivity contribution < 1.29 is 32.2 Å². The lowest BCUT2D eigenvalue weighted by atomic mass is 10.1. The van der Waals surface area contributed by atoms with Gasteiger partial charge in [0.1, 0.15) is 22.9 Å². The molecule has 0 saturated carbocycles. The van der Waals surface area contributed by atoms with Crippen molar-refractivity contribution in [2.45, 2.75) is 5.75 Å². The van der Waals surface area contributed by atoms with Crippen LogP contribution in [0.3, 0.4) is 0 Å². The van der Waals surface area contributed by atoms with Crippen molar-refractivity contribution >= 4 is 27.4 Å². The molecule has 0 atom stereocenters. The van der Waals surface area contributed by atoms with E-state index in [0.717, 1.165) is 5.41 Å². The third-order valence-electron chi connectivity index (χ3n) is 5.20. The van der Waals surface area contributed by atoms with Gasteiger partial charge in [-0.25, -0.2) is 13.4 Å². The Morgan fingerprint density at radius 2 is 1.62 bits per heavy atom. The fourth-order valence-corrected chi connectivity index (χ4v) is 4.46. The second kappa shape index (κ2) is 12.6. The number of ether oxygens (including phenoxy) is 4. The number of pyridine rings is 1. The van der Waals surface area contributed by atoms with Crippen LogP contribution in [-0.4, -0.2) is 47.6 Å². The Hall–Kier alpha value is -4.31. The molecule has 0 bridgehead atoms. The van der Waals surface area contributed by atoms with Gasteiger partial charge in [-0.2, -0.15) is 0 Å². The summed E-state index contributed by atoms with van der Waals surface area (Å²) in [5.41, 5.74) is 1.83. The van der Waals surface area contributed by atoms with Crippen molar-refractivity contribution in [1.82, 2.24) is 4.98 Å². The van der Waals surface area contributed by atoms with Crippen molar-refractivity contribution in [3.05, 3.63) is 89.1 Å². The van der Waals surface area contributed by atoms with Crippen LogP contribution in [0, 0.1) is 0 Å². The molecule has 0 amide bonds. The number of carbonyl (C=O) groups excluding carboxylic acids is 1. The summed E-state index contributed by atoms with van der Waals surface area (Å²) >= 11 is 0. The zero-order chi connectivity index (χ0) is 26.8. The van der Waals surface area contributed by atoms with Gasteiger partial charge in [-0.15, -0.1) is 0 Å². The average Bonchev–Trinajstić information content (AvgIpc) is 2.91. The molecule has 9 nitrogen and oxygen atoms in total. The van der Waals surface area contributed by atoms with Gasteiger partial charge in [0, 0.05) is 41.6 Å². The maximum atomic E-state index is 12.9. The number of methoxy groups -OCH3 is 4. The first kappa shape index (κ1) is 27.3. The predicted molar refractivity (Wildman–Crippen MR) is 142 cm³/mol. The molecule has 0 aliphatic rings. The SMILES string of the molecule is COc1cc(OC)c(/C=C/S(=O)(=O)Cc2cnc(OC)c(N/C=C\C(=O)c3ccccc3)c2)c(OC)c1. The third-order valence-corrected chi connectivity index (χ3v) is 6.48. The molecule has 1 heterocycles. The third kappa shape index (κ3) is 7.34. The summed E-state index contributed by atoms with van der Waals surface area (Å²) in [6, 6.07) is 13.7. The highest BCUT2D eigenvalue weighted by atomic mass is 32.2. The Bertz CT molecular complexity index is 1380. The first-order valence-corrected chi connectivity index (χ1v) is 12.8. The molecule has 37 heavy (non-hydrogen) atoms. The van der Waals surface area contributed by atoms with E-state index in [0.29, 0.717) is 39.6 Å². The van der Waals surface area contributed by atoms with Crippen LogP contribution in [0.4, 0.5) is 5.69 Å². The fourth-order valence-electron chi connectivity index (χ4n) is 3.40. The summed E-state index contributed by atoms with van der Waals surface area (Å²) < 4.78 is 47.0. The lowest BCUT2D eigenvalue weighted by Crippen LogP contribution is -2.04. The molecule has 0 saturated heterocycles. The molecule has 2 aromatic carbocycles. The van der Waals surface area contributed by atoms with Gasteiger partial charge in [0.05, 0.1) is 39.8 Å². The molecule has 0 unspecified atom stereocenters. The first-order chi connectivity index (χ1) is 17.8. The standard InChI is InChI=1S/C27H28N2O7S/c1-33-21-15-25(34-2)22(26(16-21)35-3)11-13-37(31,32)18-19-14-23(27(36-4)29-17-19)28-12-10-24(30)20-8-6-5-7-9-20/h5-17,28H,18H2,1-4H3/b12-10-,13-11+. The van der Waals surface area contributed by atoms with Gasteiger partial charge >= 0.3 is 0 Å². The normalized spacial score (nSPS) is 11.5.